The number of H-pyrrole nitrogens is 2. The minimum absolute atomic E-state index is 0.0617. The third-order valence-corrected chi connectivity index (χ3v) is 7.51. The van der Waals surface area contributed by atoms with Gasteiger partial charge in [0.1, 0.15) is 0 Å². The topological polar surface area (TPSA) is 41.3 Å². The minimum Gasteiger partial charge on any atom is -0.378 e. The number of aromatic amines is 2. The zero-order valence-electron chi connectivity index (χ0n) is 22.7. The molecule has 2 heterocycles. The number of rotatable bonds is 6. The van der Waals surface area contributed by atoms with Crippen LogP contribution in [-0.2, 0) is 0 Å². The van der Waals surface area contributed by atoms with Gasteiger partial charge in [0.2, 0.25) is 0 Å². The quantitative estimate of drug-likeness (QED) is 0.287. The number of hydrogen-bond acceptors (Lipinski definition) is 3. The molecule has 0 fully saturated rings. The van der Waals surface area contributed by atoms with Gasteiger partial charge in [-0.05, 0) is 66.9 Å². The van der Waals surface area contributed by atoms with Crippen molar-refractivity contribution in [2.75, 3.05) is 57.0 Å². The van der Waals surface area contributed by atoms with Gasteiger partial charge in [-0.3, -0.25) is 0 Å². The molecule has 0 aliphatic carbocycles. The van der Waals surface area contributed by atoms with Gasteiger partial charge in [-0.2, -0.15) is 0 Å². The molecule has 5 rings (SSSR count). The average Bonchev–Trinajstić information content (AvgIpc) is 3.35. The molecule has 186 valence electrons. The number of aromatic nitrogens is 2. The van der Waals surface area contributed by atoms with Gasteiger partial charge in [0.15, 0.2) is 0 Å². The molecule has 5 heteroatoms. The van der Waals surface area contributed by atoms with E-state index in [1.807, 2.05) is 0 Å². The molecule has 36 heavy (non-hydrogen) atoms. The Kier molecular flexibility index (Phi) is 5.95. The van der Waals surface area contributed by atoms with Crippen LogP contribution in [0.4, 0.5) is 17.1 Å². The monoisotopic (exact) mass is 479 g/mol. The Morgan fingerprint density at radius 2 is 0.917 bits per heavy atom. The van der Waals surface area contributed by atoms with E-state index >= 15 is 0 Å². The summed E-state index contributed by atoms with van der Waals surface area (Å²) in [5.41, 5.74) is 12.3. The van der Waals surface area contributed by atoms with E-state index in [0.717, 1.165) is 0 Å². The largest absolute Gasteiger partial charge is 0.378 e. The maximum atomic E-state index is 3.83. The molecule has 3 aromatic carbocycles. The predicted octanol–water partition coefficient (Wildman–Crippen LogP) is 6.64. The molecule has 2 N–H and O–H groups in total. The molecule has 0 bridgehead atoms. The molecule has 0 saturated heterocycles. The number of benzene rings is 3. The highest BCUT2D eigenvalue weighted by Gasteiger charge is 2.26. The van der Waals surface area contributed by atoms with E-state index in [9.17, 15) is 0 Å². The van der Waals surface area contributed by atoms with E-state index in [1.54, 1.807) is 0 Å². The first-order valence-corrected chi connectivity index (χ1v) is 12.5. The zero-order valence-corrected chi connectivity index (χ0v) is 22.7. The second kappa shape index (κ2) is 8.98. The molecule has 0 unspecified atom stereocenters. The second-order valence-electron chi connectivity index (χ2n) is 10.5. The Hall–Kier alpha value is -3.86. The third kappa shape index (κ3) is 3.98. The van der Waals surface area contributed by atoms with Crippen molar-refractivity contribution >= 4 is 38.9 Å². The Balaban J connectivity index is 1.74. The highest BCUT2D eigenvalue weighted by atomic mass is 15.1. The second-order valence-corrected chi connectivity index (χ2v) is 10.5. The zero-order chi connectivity index (χ0) is 25.7. The van der Waals surface area contributed by atoms with Crippen LogP contribution in [0.1, 0.15) is 34.0 Å². The summed E-state index contributed by atoms with van der Waals surface area (Å²) in [6.45, 7) is 4.49. The van der Waals surface area contributed by atoms with Crippen molar-refractivity contribution in [2.45, 2.75) is 19.8 Å². The molecular weight excluding hydrogens is 442 g/mol. The van der Waals surface area contributed by atoms with Crippen molar-refractivity contribution in [1.82, 2.24) is 9.97 Å². The number of fused-ring (bicyclic) bond motifs is 2. The summed E-state index contributed by atoms with van der Waals surface area (Å²) in [6, 6.07) is 22.4. The number of nitrogens with one attached hydrogen (secondary N) is 2. The van der Waals surface area contributed by atoms with Gasteiger partial charge in [-0.1, -0.05) is 24.3 Å². The van der Waals surface area contributed by atoms with E-state index < -0.39 is 0 Å². The molecule has 5 aromatic rings. The van der Waals surface area contributed by atoms with Crippen LogP contribution in [0.5, 0.6) is 0 Å². The van der Waals surface area contributed by atoms with Gasteiger partial charge in [-0.15, -0.1) is 0 Å². The van der Waals surface area contributed by atoms with Crippen LogP contribution in [-0.4, -0.2) is 52.3 Å². The minimum atomic E-state index is 0.0617. The lowest BCUT2D eigenvalue weighted by Crippen LogP contribution is -2.10. The van der Waals surface area contributed by atoms with Gasteiger partial charge >= 0.3 is 0 Å². The van der Waals surface area contributed by atoms with Gasteiger partial charge in [0.05, 0.1) is 5.92 Å². The van der Waals surface area contributed by atoms with Crippen molar-refractivity contribution < 1.29 is 0 Å². The smallest absolute Gasteiger partial charge is 0.0647 e. The Morgan fingerprint density at radius 3 is 1.31 bits per heavy atom. The van der Waals surface area contributed by atoms with E-state index in [0.29, 0.717) is 0 Å². The summed E-state index contributed by atoms with van der Waals surface area (Å²) in [4.78, 5) is 14.1. The lowest BCUT2D eigenvalue weighted by molar-refractivity contribution is 0.886. The van der Waals surface area contributed by atoms with Crippen molar-refractivity contribution in [2.24, 2.45) is 0 Å². The number of anilines is 3. The molecule has 0 spiro atoms. The fraction of sp³-hybridized carbons (Fsp3) is 0.290. The summed E-state index contributed by atoms with van der Waals surface area (Å²) in [5, 5.41) is 2.54. The molecule has 2 aromatic heterocycles. The first-order chi connectivity index (χ1) is 17.2. The van der Waals surface area contributed by atoms with E-state index in [4.69, 9.17) is 0 Å². The summed E-state index contributed by atoms with van der Waals surface area (Å²) >= 11 is 0. The molecule has 0 atom stereocenters. The van der Waals surface area contributed by atoms with Gasteiger partial charge in [0.25, 0.3) is 0 Å². The van der Waals surface area contributed by atoms with Crippen LogP contribution in [0.15, 0.2) is 60.7 Å². The molecule has 5 nitrogen and oxygen atoms in total. The Morgan fingerprint density at radius 1 is 0.528 bits per heavy atom. The van der Waals surface area contributed by atoms with Crippen molar-refractivity contribution in [3.8, 4) is 0 Å². The van der Waals surface area contributed by atoms with Crippen LogP contribution < -0.4 is 14.7 Å². The average molecular weight is 480 g/mol. The maximum Gasteiger partial charge on any atom is 0.0647 e. The van der Waals surface area contributed by atoms with Gasteiger partial charge in [-0.25, -0.2) is 0 Å². The fourth-order valence-electron chi connectivity index (χ4n) is 5.27. The fourth-order valence-corrected chi connectivity index (χ4v) is 5.27. The van der Waals surface area contributed by atoms with Crippen LogP contribution in [0.2, 0.25) is 0 Å². The predicted molar refractivity (Wildman–Crippen MR) is 156 cm³/mol. The highest BCUT2D eigenvalue weighted by molar-refractivity contribution is 5.90. The Bertz CT molecular complexity index is 1440. The highest BCUT2D eigenvalue weighted by Crippen LogP contribution is 2.40. The number of nitrogens with zero attached hydrogens (tertiary/aromatic N) is 3. The maximum absolute atomic E-state index is 3.83. The SMILES string of the molecule is Cc1c(C(c2ccc(N(C)C)cc2)c2[nH]c3cc(N(C)C)ccc3c2C)[nH]c2cc(N(C)C)ccc12. The first-order valence-electron chi connectivity index (χ1n) is 12.5. The summed E-state index contributed by atoms with van der Waals surface area (Å²) in [7, 11) is 12.5. The number of aryl methyl sites for hydroxylation is 2. The van der Waals surface area contributed by atoms with Crippen molar-refractivity contribution in [1.29, 1.82) is 0 Å². The molecule has 0 aliphatic heterocycles. The molecule has 0 saturated carbocycles. The first kappa shape index (κ1) is 23.9. The lowest BCUT2D eigenvalue weighted by atomic mass is 9.88. The van der Waals surface area contributed by atoms with Crippen LogP contribution in [0.3, 0.4) is 0 Å². The molecular formula is C31H37N5. The molecule has 0 radical (unpaired) electrons. The summed E-state index contributed by atoms with van der Waals surface area (Å²) < 4.78 is 0. The number of hydrogen-bond donors (Lipinski definition) is 2. The standard InChI is InChI=1S/C31H37N5/c1-19-25-15-13-23(35(5)6)17-27(25)32-30(19)29(21-9-11-22(12-10-21)34(3)4)31-20(2)26-16-14-24(36(7)8)18-28(26)33-31/h9-18,29,32-33H,1-8H3. The van der Waals surface area contributed by atoms with Gasteiger partial charge in [0, 0.05) is 92.5 Å². The van der Waals surface area contributed by atoms with E-state index in [-0.39, 0.29) is 5.92 Å². The van der Waals surface area contributed by atoms with E-state index in [1.165, 1.54) is 66.9 Å². The van der Waals surface area contributed by atoms with E-state index in [2.05, 4.69) is 141 Å². The Labute approximate surface area is 214 Å². The lowest BCUT2D eigenvalue weighted by Gasteiger charge is -2.20. The van der Waals surface area contributed by atoms with Crippen molar-refractivity contribution in [3.63, 3.8) is 0 Å². The van der Waals surface area contributed by atoms with Gasteiger partial charge < -0.3 is 24.7 Å². The summed E-state index contributed by atoms with van der Waals surface area (Å²) in [5.74, 6) is 0.0617. The normalized spacial score (nSPS) is 11.6. The van der Waals surface area contributed by atoms with Crippen LogP contribution in [0, 0.1) is 13.8 Å². The van der Waals surface area contributed by atoms with Crippen LogP contribution in [0.25, 0.3) is 21.8 Å². The third-order valence-electron chi connectivity index (χ3n) is 7.51. The van der Waals surface area contributed by atoms with Crippen LogP contribution >= 0.6 is 0 Å². The molecule has 0 aliphatic rings. The van der Waals surface area contributed by atoms with Crippen molar-refractivity contribution in [3.05, 3.63) is 88.7 Å². The summed E-state index contributed by atoms with van der Waals surface area (Å²) in [6.07, 6.45) is 0. The molecule has 0 amide bonds.